The molecule has 0 radical (unpaired) electrons. The number of benzene rings is 2. The number of esters is 1. The van der Waals surface area contributed by atoms with Gasteiger partial charge in [0.25, 0.3) is 0 Å². The molecule has 2 aromatic rings. The molecule has 2 amide bonds. The molecule has 0 atom stereocenters. The molecule has 0 fully saturated rings. The molecule has 0 aliphatic rings. The van der Waals surface area contributed by atoms with Crippen LogP contribution in [0.5, 0.6) is 0 Å². The minimum Gasteiger partial charge on any atom is -0.465 e. The maximum absolute atomic E-state index is 13.4. The van der Waals surface area contributed by atoms with E-state index < -0.39 is 23.6 Å². The molecule has 0 unspecified atom stereocenters. The standard InChI is InChI=1S/C16H14F2N2O3/c1-23-15(21)10-3-2-4-13(8-10)20-16(22)19-9-11-7-12(17)5-6-14(11)18/h2-8H,9H2,1H3,(H2,19,20,22). The fourth-order valence-corrected chi connectivity index (χ4v) is 1.87. The van der Waals surface area contributed by atoms with Crippen molar-refractivity contribution in [3.63, 3.8) is 0 Å². The molecule has 0 bridgehead atoms. The second-order valence-corrected chi connectivity index (χ2v) is 4.62. The molecule has 5 nitrogen and oxygen atoms in total. The molecule has 2 aromatic carbocycles. The Morgan fingerprint density at radius 1 is 1.13 bits per heavy atom. The van der Waals surface area contributed by atoms with Gasteiger partial charge >= 0.3 is 12.0 Å². The summed E-state index contributed by atoms with van der Waals surface area (Å²) in [5, 5.41) is 4.90. The van der Waals surface area contributed by atoms with E-state index in [0.29, 0.717) is 5.69 Å². The lowest BCUT2D eigenvalue weighted by atomic mass is 10.2. The van der Waals surface area contributed by atoms with Gasteiger partial charge in [-0.25, -0.2) is 18.4 Å². The molecular formula is C16H14F2N2O3. The highest BCUT2D eigenvalue weighted by molar-refractivity contribution is 5.93. The Kier molecular flexibility index (Phi) is 5.24. The van der Waals surface area contributed by atoms with E-state index in [9.17, 15) is 18.4 Å². The van der Waals surface area contributed by atoms with Gasteiger partial charge in [0.15, 0.2) is 0 Å². The number of nitrogens with one attached hydrogen (secondary N) is 2. The molecule has 0 heterocycles. The van der Waals surface area contributed by atoms with Gasteiger partial charge in [0.05, 0.1) is 12.7 Å². The Hall–Kier alpha value is -2.96. The zero-order valence-corrected chi connectivity index (χ0v) is 12.2. The summed E-state index contributed by atoms with van der Waals surface area (Å²) in [6.45, 7) is -0.174. The average molecular weight is 320 g/mol. The van der Waals surface area contributed by atoms with E-state index in [1.807, 2.05) is 0 Å². The summed E-state index contributed by atoms with van der Waals surface area (Å²) in [5.41, 5.74) is 0.676. The lowest BCUT2D eigenvalue weighted by Gasteiger charge is -2.09. The number of methoxy groups -OCH3 is 1. The maximum Gasteiger partial charge on any atom is 0.337 e. The number of hydrogen-bond donors (Lipinski definition) is 2. The Balaban J connectivity index is 1.97. The number of urea groups is 1. The number of amides is 2. The minimum atomic E-state index is -0.615. The van der Waals surface area contributed by atoms with Crippen LogP contribution in [0.3, 0.4) is 0 Å². The van der Waals surface area contributed by atoms with E-state index in [4.69, 9.17) is 0 Å². The first-order chi connectivity index (χ1) is 11.0. The fraction of sp³-hybridized carbons (Fsp3) is 0.125. The van der Waals surface area contributed by atoms with E-state index >= 15 is 0 Å². The molecule has 0 aliphatic carbocycles. The lowest BCUT2D eigenvalue weighted by Crippen LogP contribution is -2.28. The summed E-state index contributed by atoms with van der Waals surface area (Å²) in [6, 6.07) is 8.51. The summed E-state index contributed by atoms with van der Waals surface area (Å²) in [5.74, 6) is -1.73. The molecule has 2 rings (SSSR count). The fourth-order valence-electron chi connectivity index (χ4n) is 1.87. The van der Waals surface area contributed by atoms with Crippen molar-refractivity contribution in [1.82, 2.24) is 5.32 Å². The van der Waals surface area contributed by atoms with Crippen LogP contribution >= 0.6 is 0 Å². The molecule has 23 heavy (non-hydrogen) atoms. The Morgan fingerprint density at radius 3 is 2.65 bits per heavy atom. The first-order valence-corrected chi connectivity index (χ1v) is 6.67. The van der Waals surface area contributed by atoms with Gasteiger partial charge in [-0.1, -0.05) is 6.07 Å². The monoisotopic (exact) mass is 320 g/mol. The van der Waals surface area contributed by atoms with Gasteiger partial charge in [-0.3, -0.25) is 0 Å². The van der Waals surface area contributed by atoms with Gasteiger partial charge in [-0.15, -0.1) is 0 Å². The first-order valence-electron chi connectivity index (χ1n) is 6.67. The molecule has 120 valence electrons. The van der Waals surface area contributed by atoms with Crippen LogP contribution in [0.2, 0.25) is 0 Å². The Morgan fingerprint density at radius 2 is 1.91 bits per heavy atom. The van der Waals surface area contributed by atoms with Gasteiger partial charge in [0.2, 0.25) is 0 Å². The molecule has 0 spiro atoms. The highest BCUT2D eigenvalue weighted by Gasteiger charge is 2.09. The van der Waals surface area contributed by atoms with Crippen LogP contribution in [-0.2, 0) is 11.3 Å². The summed E-state index contributed by atoms with van der Waals surface area (Å²) >= 11 is 0. The van der Waals surface area contributed by atoms with Gasteiger partial charge in [-0.05, 0) is 36.4 Å². The zero-order valence-electron chi connectivity index (χ0n) is 12.2. The molecular weight excluding hydrogens is 306 g/mol. The SMILES string of the molecule is COC(=O)c1cccc(NC(=O)NCc2cc(F)ccc2F)c1. The van der Waals surface area contributed by atoms with Crippen molar-refractivity contribution >= 4 is 17.7 Å². The van der Waals surface area contributed by atoms with Crippen LogP contribution in [0.25, 0.3) is 0 Å². The third-order valence-corrected chi connectivity index (χ3v) is 2.99. The highest BCUT2D eigenvalue weighted by atomic mass is 19.1. The zero-order chi connectivity index (χ0) is 16.8. The molecule has 0 aliphatic heterocycles. The van der Waals surface area contributed by atoms with Crippen molar-refractivity contribution in [3.05, 3.63) is 65.2 Å². The molecule has 2 N–H and O–H groups in total. The third-order valence-electron chi connectivity index (χ3n) is 2.99. The third kappa shape index (κ3) is 4.50. The molecule has 0 aromatic heterocycles. The van der Waals surface area contributed by atoms with Crippen molar-refractivity contribution in [2.75, 3.05) is 12.4 Å². The smallest absolute Gasteiger partial charge is 0.337 e. The van der Waals surface area contributed by atoms with Crippen LogP contribution in [0, 0.1) is 11.6 Å². The molecule has 7 heteroatoms. The van der Waals surface area contributed by atoms with Gasteiger partial charge in [0.1, 0.15) is 11.6 Å². The normalized spacial score (nSPS) is 10.0. The van der Waals surface area contributed by atoms with Crippen LogP contribution < -0.4 is 10.6 Å². The van der Waals surface area contributed by atoms with Crippen molar-refractivity contribution in [3.8, 4) is 0 Å². The largest absolute Gasteiger partial charge is 0.465 e. The first kappa shape index (κ1) is 16.4. The van der Waals surface area contributed by atoms with Crippen molar-refractivity contribution in [1.29, 1.82) is 0 Å². The van der Waals surface area contributed by atoms with E-state index in [1.165, 1.54) is 19.2 Å². The second-order valence-electron chi connectivity index (χ2n) is 4.62. The number of ether oxygens (including phenoxy) is 1. The van der Waals surface area contributed by atoms with Crippen molar-refractivity contribution in [2.45, 2.75) is 6.54 Å². The topological polar surface area (TPSA) is 67.4 Å². The summed E-state index contributed by atoms with van der Waals surface area (Å²) in [6.07, 6.45) is 0. The Labute approximate surface area is 131 Å². The van der Waals surface area contributed by atoms with Gasteiger partial charge < -0.3 is 15.4 Å². The van der Waals surface area contributed by atoms with Crippen LogP contribution in [0.4, 0.5) is 19.3 Å². The van der Waals surface area contributed by atoms with E-state index in [-0.39, 0.29) is 17.7 Å². The maximum atomic E-state index is 13.4. The summed E-state index contributed by atoms with van der Waals surface area (Å²) in [7, 11) is 1.25. The van der Waals surface area contributed by atoms with E-state index in [0.717, 1.165) is 18.2 Å². The second kappa shape index (κ2) is 7.35. The summed E-state index contributed by atoms with van der Waals surface area (Å²) < 4.78 is 31.1. The number of carbonyl (C=O) groups excluding carboxylic acids is 2. The highest BCUT2D eigenvalue weighted by Crippen LogP contribution is 2.12. The van der Waals surface area contributed by atoms with Crippen LogP contribution in [0.15, 0.2) is 42.5 Å². The van der Waals surface area contributed by atoms with E-state index in [1.54, 1.807) is 12.1 Å². The van der Waals surface area contributed by atoms with E-state index in [2.05, 4.69) is 15.4 Å². The lowest BCUT2D eigenvalue weighted by molar-refractivity contribution is 0.0600. The van der Waals surface area contributed by atoms with Gasteiger partial charge in [0, 0.05) is 17.8 Å². The van der Waals surface area contributed by atoms with Crippen LogP contribution in [-0.4, -0.2) is 19.1 Å². The minimum absolute atomic E-state index is 0.0310. The number of anilines is 1. The van der Waals surface area contributed by atoms with Gasteiger partial charge in [-0.2, -0.15) is 0 Å². The number of halogens is 2. The predicted molar refractivity (Wildman–Crippen MR) is 80.0 cm³/mol. The van der Waals surface area contributed by atoms with Crippen molar-refractivity contribution < 1.29 is 23.1 Å². The van der Waals surface area contributed by atoms with Crippen LogP contribution in [0.1, 0.15) is 15.9 Å². The molecule has 0 saturated carbocycles. The molecule has 0 saturated heterocycles. The predicted octanol–water partition coefficient (Wildman–Crippen LogP) is 3.07. The summed E-state index contributed by atoms with van der Waals surface area (Å²) in [4.78, 5) is 23.2. The average Bonchev–Trinajstić information content (AvgIpc) is 2.55. The quantitative estimate of drug-likeness (QED) is 0.851. The Bertz CT molecular complexity index is 735. The number of hydrogen-bond acceptors (Lipinski definition) is 3. The number of rotatable bonds is 4. The number of carbonyl (C=O) groups is 2. The van der Waals surface area contributed by atoms with Crippen molar-refractivity contribution in [2.24, 2.45) is 0 Å².